The van der Waals surface area contributed by atoms with Gasteiger partial charge in [-0.25, -0.2) is 9.67 Å². The molecule has 2 aromatic carbocycles. The second kappa shape index (κ2) is 7.87. The van der Waals surface area contributed by atoms with Crippen LogP contribution in [0.3, 0.4) is 0 Å². The lowest BCUT2D eigenvalue weighted by Crippen LogP contribution is -2.36. The van der Waals surface area contributed by atoms with Crippen molar-refractivity contribution >= 4 is 27.7 Å². The highest BCUT2D eigenvalue weighted by atomic mass is 16.2. The lowest BCUT2D eigenvalue weighted by atomic mass is 10.0. The molecule has 0 spiro atoms. The summed E-state index contributed by atoms with van der Waals surface area (Å²) >= 11 is 0. The predicted molar refractivity (Wildman–Crippen MR) is 112 cm³/mol. The summed E-state index contributed by atoms with van der Waals surface area (Å²) in [6.07, 6.45) is 2.33. The fraction of sp³-hybridized carbons (Fsp3) is 0.273. The second-order valence-corrected chi connectivity index (χ2v) is 7.58. The molecular weight excluding hydrogens is 366 g/mol. The number of rotatable bonds is 6. The number of hydrogen-bond acceptors (Lipinski definition) is 4. The maximum atomic E-state index is 12.7. The van der Waals surface area contributed by atoms with Crippen molar-refractivity contribution in [3.63, 3.8) is 0 Å². The number of nitrogens with one attached hydrogen (secondary N) is 2. The minimum atomic E-state index is -0.277. The first kappa shape index (κ1) is 18.9. The fourth-order valence-corrected chi connectivity index (χ4v) is 3.46. The van der Waals surface area contributed by atoms with Crippen molar-refractivity contribution in [1.29, 1.82) is 0 Å². The average molecular weight is 389 g/mol. The van der Waals surface area contributed by atoms with Crippen LogP contribution in [0.15, 0.2) is 59.5 Å². The number of carbonyl (C=O) groups excluding carboxylic acids is 1. The lowest BCUT2D eigenvalue weighted by Gasteiger charge is -2.19. The number of H-pyrrole nitrogens is 1. The molecule has 29 heavy (non-hydrogen) atoms. The third-order valence-electron chi connectivity index (χ3n) is 4.84. The van der Waals surface area contributed by atoms with Gasteiger partial charge in [-0.3, -0.25) is 9.59 Å². The molecule has 0 fully saturated rings. The number of carbonyl (C=O) groups is 1. The van der Waals surface area contributed by atoms with E-state index in [1.54, 1.807) is 18.3 Å². The van der Waals surface area contributed by atoms with Crippen molar-refractivity contribution in [3.05, 3.63) is 70.9 Å². The maximum absolute atomic E-state index is 12.7. The van der Waals surface area contributed by atoms with Gasteiger partial charge in [0.15, 0.2) is 0 Å². The first-order chi connectivity index (χ1) is 14.0. The van der Waals surface area contributed by atoms with Gasteiger partial charge < -0.3 is 10.3 Å². The third-order valence-corrected chi connectivity index (χ3v) is 4.84. The summed E-state index contributed by atoms with van der Waals surface area (Å²) in [5.41, 5.74) is 1.51. The van der Waals surface area contributed by atoms with Crippen LogP contribution in [0, 0.1) is 5.92 Å². The van der Waals surface area contributed by atoms with Gasteiger partial charge in [0.25, 0.3) is 5.56 Å². The summed E-state index contributed by atoms with van der Waals surface area (Å²) in [5.74, 6) is 0.795. The van der Waals surface area contributed by atoms with Crippen molar-refractivity contribution in [2.45, 2.75) is 32.9 Å². The van der Waals surface area contributed by atoms with Crippen LogP contribution in [-0.4, -0.2) is 25.7 Å². The first-order valence-electron chi connectivity index (χ1n) is 9.70. The first-order valence-corrected chi connectivity index (χ1v) is 9.70. The quantitative estimate of drug-likeness (QED) is 0.530. The molecule has 0 unspecified atom stereocenters. The lowest BCUT2D eigenvalue weighted by molar-refractivity contribution is -0.122. The number of imidazole rings is 1. The summed E-state index contributed by atoms with van der Waals surface area (Å²) < 4.78 is 1.20. The molecular formula is C22H23N5O2. The van der Waals surface area contributed by atoms with Crippen molar-refractivity contribution in [3.8, 4) is 0 Å². The number of hydrogen-bond donors (Lipinski definition) is 2. The minimum Gasteiger partial charge on any atom is -0.345 e. The summed E-state index contributed by atoms with van der Waals surface area (Å²) in [7, 11) is 0. The number of aromatic amines is 1. The highest BCUT2D eigenvalue weighted by Crippen LogP contribution is 2.22. The number of aromatic nitrogens is 4. The predicted octanol–water partition coefficient (Wildman–Crippen LogP) is 3.18. The van der Waals surface area contributed by atoms with E-state index < -0.39 is 0 Å². The van der Waals surface area contributed by atoms with Crippen LogP contribution < -0.4 is 10.9 Å². The van der Waals surface area contributed by atoms with E-state index in [-0.39, 0.29) is 24.1 Å². The molecule has 2 heterocycles. The van der Waals surface area contributed by atoms with Crippen LogP contribution in [0.4, 0.5) is 0 Å². The average Bonchev–Trinajstić information content (AvgIpc) is 3.14. The number of fused-ring (bicyclic) bond motifs is 2. The van der Waals surface area contributed by atoms with E-state index in [1.807, 2.05) is 36.4 Å². The van der Waals surface area contributed by atoms with Crippen LogP contribution in [0.5, 0.6) is 0 Å². The third kappa shape index (κ3) is 4.03. The summed E-state index contributed by atoms with van der Waals surface area (Å²) in [6, 6.07) is 14.7. The van der Waals surface area contributed by atoms with Gasteiger partial charge >= 0.3 is 0 Å². The molecule has 7 heteroatoms. The molecule has 0 saturated heterocycles. The number of nitrogens with zero attached hydrogens (tertiary/aromatic N) is 3. The monoisotopic (exact) mass is 389 g/mol. The number of para-hydroxylation sites is 2. The Balaban J connectivity index is 1.57. The van der Waals surface area contributed by atoms with Gasteiger partial charge in [0, 0.05) is 5.39 Å². The molecule has 4 aromatic rings. The molecule has 148 valence electrons. The van der Waals surface area contributed by atoms with Gasteiger partial charge in [-0.05, 0) is 30.5 Å². The van der Waals surface area contributed by atoms with E-state index in [9.17, 15) is 9.59 Å². The molecule has 1 atom stereocenters. The molecule has 0 aliphatic carbocycles. The van der Waals surface area contributed by atoms with Crippen molar-refractivity contribution < 1.29 is 4.79 Å². The Morgan fingerprint density at radius 2 is 1.90 bits per heavy atom. The van der Waals surface area contributed by atoms with Crippen LogP contribution in [0.2, 0.25) is 0 Å². The molecule has 1 amide bonds. The molecule has 0 saturated carbocycles. The number of benzene rings is 2. The summed E-state index contributed by atoms with van der Waals surface area (Å²) in [4.78, 5) is 33.3. The van der Waals surface area contributed by atoms with Gasteiger partial charge in [0.2, 0.25) is 5.91 Å². The Morgan fingerprint density at radius 1 is 1.14 bits per heavy atom. The summed E-state index contributed by atoms with van der Waals surface area (Å²) in [6.45, 7) is 4.05. The molecule has 4 rings (SSSR count). The largest absolute Gasteiger partial charge is 0.345 e. The summed E-state index contributed by atoms with van der Waals surface area (Å²) in [5, 5.41) is 8.46. The molecule has 2 N–H and O–H groups in total. The van der Waals surface area contributed by atoms with Gasteiger partial charge in [-0.2, -0.15) is 5.10 Å². The second-order valence-electron chi connectivity index (χ2n) is 7.58. The zero-order chi connectivity index (χ0) is 20.4. The van der Waals surface area contributed by atoms with Gasteiger partial charge in [-0.15, -0.1) is 0 Å². The topological polar surface area (TPSA) is 92.7 Å². The molecule has 2 aromatic heterocycles. The van der Waals surface area contributed by atoms with Crippen LogP contribution >= 0.6 is 0 Å². The normalized spacial score (nSPS) is 12.5. The molecule has 7 nitrogen and oxygen atoms in total. The zero-order valence-electron chi connectivity index (χ0n) is 16.4. The van der Waals surface area contributed by atoms with E-state index in [2.05, 4.69) is 34.2 Å². The Bertz CT molecular complexity index is 1190. The maximum Gasteiger partial charge on any atom is 0.275 e. The van der Waals surface area contributed by atoms with Crippen molar-refractivity contribution in [1.82, 2.24) is 25.1 Å². The van der Waals surface area contributed by atoms with E-state index in [0.29, 0.717) is 17.1 Å². The molecule has 0 bridgehead atoms. The smallest absolute Gasteiger partial charge is 0.275 e. The van der Waals surface area contributed by atoms with Crippen LogP contribution in [0.25, 0.3) is 21.8 Å². The minimum absolute atomic E-state index is 0.140. The van der Waals surface area contributed by atoms with Crippen LogP contribution in [-0.2, 0) is 11.3 Å². The van der Waals surface area contributed by atoms with Crippen molar-refractivity contribution in [2.75, 3.05) is 0 Å². The highest BCUT2D eigenvalue weighted by molar-refractivity contribution is 5.81. The Morgan fingerprint density at radius 3 is 2.69 bits per heavy atom. The molecule has 0 aliphatic heterocycles. The fourth-order valence-electron chi connectivity index (χ4n) is 3.46. The molecule has 0 aliphatic rings. The van der Waals surface area contributed by atoms with Gasteiger partial charge in [0.05, 0.1) is 28.7 Å². The van der Waals surface area contributed by atoms with E-state index in [1.165, 1.54) is 4.68 Å². The van der Waals surface area contributed by atoms with Gasteiger partial charge in [-0.1, -0.05) is 44.2 Å². The Hall–Kier alpha value is -3.48. The van der Waals surface area contributed by atoms with E-state index >= 15 is 0 Å². The number of amides is 1. The molecule has 0 radical (unpaired) electrons. The Labute approximate surface area is 167 Å². The SMILES string of the molecule is CC(C)C[C@H](NC(=O)Cn1ncc2ccccc2c1=O)c1nc2ccccc2[nH]1. The Kier molecular flexibility index (Phi) is 5.12. The standard InChI is InChI=1S/C22H23N5O2/c1-14(2)11-19(21-25-17-9-5-6-10-18(17)26-21)24-20(28)13-27-22(29)16-8-4-3-7-15(16)12-23-27/h3-10,12,14,19H,11,13H2,1-2H3,(H,24,28)(H,25,26)/t19-/m0/s1. The van der Waals surface area contributed by atoms with Crippen LogP contribution in [0.1, 0.15) is 32.1 Å². The van der Waals surface area contributed by atoms with E-state index in [0.717, 1.165) is 22.8 Å². The van der Waals surface area contributed by atoms with Gasteiger partial charge in [0.1, 0.15) is 12.4 Å². The zero-order valence-corrected chi connectivity index (χ0v) is 16.4. The van der Waals surface area contributed by atoms with Crippen molar-refractivity contribution in [2.24, 2.45) is 5.92 Å². The highest BCUT2D eigenvalue weighted by Gasteiger charge is 2.20. The van der Waals surface area contributed by atoms with E-state index in [4.69, 9.17) is 0 Å².